The number of carbonyl (C=O) groups excluding carboxylic acids is 1. The molecule has 8 heteroatoms. The van der Waals surface area contributed by atoms with Crippen LogP contribution in [0.1, 0.15) is 29.0 Å². The van der Waals surface area contributed by atoms with E-state index in [-0.39, 0.29) is 16.6 Å². The van der Waals surface area contributed by atoms with E-state index in [2.05, 4.69) is 21.2 Å². The van der Waals surface area contributed by atoms with Crippen LogP contribution in [0.2, 0.25) is 0 Å². The molecule has 128 valence electrons. The van der Waals surface area contributed by atoms with Gasteiger partial charge in [0.25, 0.3) is 5.91 Å². The zero-order valence-corrected chi connectivity index (χ0v) is 15.3. The molecule has 3 rings (SSSR count). The fourth-order valence-corrected chi connectivity index (χ4v) is 4.39. The quantitative estimate of drug-likeness (QED) is 0.818. The monoisotopic (exact) mass is 412 g/mol. The third kappa shape index (κ3) is 3.71. The molecule has 0 saturated carbocycles. The van der Waals surface area contributed by atoms with Gasteiger partial charge >= 0.3 is 0 Å². The van der Waals surface area contributed by atoms with E-state index in [0.29, 0.717) is 24.3 Å². The van der Waals surface area contributed by atoms with Gasteiger partial charge in [0.15, 0.2) is 10.4 Å². The predicted molar refractivity (Wildman–Crippen MR) is 92.0 cm³/mol. The standard InChI is InChI=1S/C16H17BrN2O4S/c17-15-8-7-14(23-15)16(20)18-11-12-3-5-13(6-4-12)24(21,22)19-9-1-2-10-19/h3-8H,1-2,9-11H2,(H,18,20). The van der Waals surface area contributed by atoms with Gasteiger partial charge in [0, 0.05) is 19.6 Å². The zero-order chi connectivity index (χ0) is 17.2. The second kappa shape index (κ2) is 7.08. The minimum absolute atomic E-state index is 0.218. The highest BCUT2D eigenvalue weighted by Crippen LogP contribution is 2.21. The Bertz CT molecular complexity index is 824. The van der Waals surface area contributed by atoms with E-state index >= 15 is 0 Å². The van der Waals surface area contributed by atoms with Gasteiger partial charge in [0.1, 0.15) is 0 Å². The molecule has 2 heterocycles. The fraction of sp³-hybridized carbons (Fsp3) is 0.312. The summed E-state index contributed by atoms with van der Waals surface area (Å²) in [5.41, 5.74) is 0.814. The van der Waals surface area contributed by atoms with E-state index in [4.69, 9.17) is 4.42 Å². The van der Waals surface area contributed by atoms with E-state index in [9.17, 15) is 13.2 Å². The molecule has 0 atom stereocenters. The predicted octanol–water partition coefficient (Wildman–Crippen LogP) is 2.76. The molecule has 1 saturated heterocycles. The van der Waals surface area contributed by atoms with Crippen LogP contribution in [0.3, 0.4) is 0 Å². The molecule has 1 amide bonds. The third-order valence-corrected chi connectivity index (χ3v) is 6.22. The lowest BCUT2D eigenvalue weighted by molar-refractivity contribution is 0.0922. The average Bonchev–Trinajstić information content (AvgIpc) is 3.25. The van der Waals surface area contributed by atoms with Gasteiger partial charge in [-0.2, -0.15) is 4.31 Å². The van der Waals surface area contributed by atoms with E-state index < -0.39 is 10.0 Å². The van der Waals surface area contributed by atoms with Crippen molar-refractivity contribution in [2.24, 2.45) is 0 Å². The van der Waals surface area contributed by atoms with Crippen molar-refractivity contribution in [3.8, 4) is 0 Å². The molecule has 0 radical (unpaired) electrons. The van der Waals surface area contributed by atoms with Crippen molar-refractivity contribution in [3.05, 3.63) is 52.4 Å². The molecule has 1 aliphatic heterocycles. The molecule has 0 bridgehead atoms. The number of nitrogens with one attached hydrogen (secondary N) is 1. The van der Waals surface area contributed by atoms with Crippen molar-refractivity contribution in [3.63, 3.8) is 0 Å². The van der Waals surface area contributed by atoms with Gasteiger partial charge in [-0.05, 0) is 58.6 Å². The van der Waals surface area contributed by atoms with Crippen LogP contribution in [0, 0.1) is 0 Å². The molecule has 0 unspecified atom stereocenters. The normalized spacial score (nSPS) is 15.5. The molecule has 0 aliphatic carbocycles. The van der Waals surface area contributed by atoms with Crippen LogP contribution in [-0.2, 0) is 16.6 Å². The highest BCUT2D eigenvalue weighted by Gasteiger charge is 2.26. The second-order valence-electron chi connectivity index (χ2n) is 5.54. The molecular weight excluding hydrogens is 396 g/mol. The van der Waals surface area contributed by atoms with Crippen LogP contribution in [0.25, 0.3) is 0 Å². The van der Waals surface area contributed by atoms with Gasteiger partial charge in [0.2, 0.25) is 10.0 Å². The Morgan fingerprint density at radius 2 is 1.79 bits per heavy atom. The highest BCUT2D eigenvalue weighted by atomic mass is 79.9. The topological polar surface area (TPSA) is 79.6 Å². The van der Waals surface area contributed by atoms with Crippen molar-refractivity contribution in [2.45, 2.75) is 24.3 Å². The molecule has 6 nitrogen and oxygen atoms in total. The van der Waals surface area contributed by atoms with Crippen LogP contribution in [0.15, 0.2) is 50.4 Å². The Morgan fingerprint density at radius 3 is 2.38 bits per heavy atom. The average molecular weight is 413 g/mol. The van der Waals surface area contributed by atoms with Gasteiger partial charge in [-0.1, -0.05) is 12.1 Å². The van der Waals surface area contributed by atoms with Crippen LogP contribution in [0.5, 0.6) is 0 Å². The summed E-state index contributed by atoms with van der Waals surface area (Å²) in [6, 6.07) is 9.80. The van der Waals surface area contributed by atoms with Gasteiger partial charge < -0.3 is 9.73 Å². The fourth-order valence-electron chi connectivity index (χ4n) is 2.56. The Hall–Kier alpha value is -1.64. The first-order valence-electron chi connectivity index (χ1n) is 7.59. The van der Waals surface area contributed by atoms with Gasteiger partial charge in [-0.25, -0.2) is 8.42 Å². The largest absolute Gasteiger partial charge is 0.444 e. The van der Waals surface area contributed by atoms with Crippen molar-refractivity contribution >= 4 is 31.9 Å². The SMILES string of the molecule is O=C(NCc1ccc(S(=O)(=O)N2CCCC2)cc1)c1ccc(Br)o1. The van der Waals surface area contributed by atoms with E-state index in [0.717, 1.165) is 18.4 Å². The lowest BCUT2D eigenvalue weighted by Crippen LogP contribution is -2.27. The number of carbonyl (C=O) groups is 1. The summed E-state index contributed by atoms with van der Waals surface area (Å²) in [4.78, 5) is 12.2. The van der Waals surface area contributed by atoms with Crippen molar-refractivity contribution in [1.82, 2.24) is 9.62 Å². The lowest BCUT2D eigenvalue weighted by Gasteiger charge is -2.15. The van der Waals surface area contributed by atoms with E-state index in [1.54, 1.807) is 36.4 Å². The number of hydrogen-bond acceptors (Lipinski definition) is 4. The summed E-state index contributed by atoms with van der Waals surface area (Å²) in [5, 5.41) is 2.73. The van der Waals surface area contributed by atoms with Crippen LogP contribution in [0.4, 0.5) is 0 Å². The molecule has 1 aromatic carbocycles. The molecule has 0 spiro atoms. The maximum absolute atomic E-state index is 12.4. The molecule has 1 N–H and O–H groups in total. The number of nitrogens with zero attached hydrogens (tertiary/aromatic N) is 1. The Labute approximate surface area is 149 Å². The van der Waals surface area contributed by atoms with Gasteiger partial charge in [-0.15, -0.1) is 0 Å². The number of rotatable bonds is 5. The zero-order valence-electron chi connectivity index (χ0n) is 12.9. The number of benzene rings is 1. The van der Waals surface area contributed by atoms with E-state index in [1.807, 2.05) is 0 Å². The lowest BCUT2D eigenvalue weighted by atomic mass is 10.2. The smallest absolute Gasteiger partial charge is 0.287 e. The number of sulfonamides is 1. The Balaban J connectivity index is 1.63. The van der Waals surface area contributed by atoms with Crippen molar-refractivity contribution < 1.29 is 17.6 Å². The summed E-state index contributed by atoms with van der Waals surface area (Å²) in [6.45, 7) is 1.46. The van der Waals surface area contributed by atoms with Gasteiger partial charge in [0.05, 0.1) is 4.90 Å². The maximum Gasteiger partial charge on any atom is 0.287 e. The van der Waals surface area contributed by atoms with Crippen LogP contribution in [-0.4, -0.2) is 31.7 Å². The number of furan rings is 1. The summed E-state index contributed by atoms with van der Waals surface area (Å²) in [5.74, 6) is -0.107. The van der Waals surface area contributed by atoms with Crippen LogP contribution < -0.4 is 5.32 Å². The number of amides is 1. The first kappa shape index (κ1) is 17.2. The molecular formula is C16H17BrN2O4S. The highest BCUT2D eigenvalue weighted by molar-refractivity contribution is 9.10. The third-order valence-electron chi connectivity index (χ3n) is 3.88. The summed E-state index contributed by atoms with van der Waals surface area (Å²) >= 11 is 3.14. The Kier molecular flexibility index (Phi) is 5.07. The number of halogens is 1. The minimum Gasteiger partial charge on any atom is -0.444 e. The summed E-state index contributed by atoms with van der Waals surface area (Å²) < 4.78 is 32.1. The minimum atomic E-state index is -3.40. The summed E-state index contributed by atoms with van der Waals surface area (Å²) in [6.07, 6.45) is 1.82. The van der Waals surface area contributed by atoms with Crippen molar-refractivity contribution in [2.75, 3.05) is 13.1 Å². The molecule has 24 heavy (non-hydrogen) atoms. The summed E-state index contributed by atoms with van der Waals surface area (Å²) in [7, 11) is -3.40. The molecule has 1 aromatic heterocycles. The molecule has 1 aliphatic rings. The van der Waals surface area contributed by atoms with Crippen molar-refractivity contribution in [1.29, 1.82) is 0 Å². The van der Waals surface area contributed by atoms with Gasteiger partial charge in [-0.3, -0.25) is 4.79 Å². The second-order valence-corrected chi connectivity index (χ2v) is 8.26. The first-order chi connectivity index (χ1) is 11.5. The molecule has 1 fully saturated rings. The number of hydrogen-bond donors (Lipinski definition) is 1. The first-order valence-corrected chi connectivity index (χ1v) is 9.83. The van der Waals surface area contributed by atoms with E-state index in [1.165, 1.54) is 4.31 Å². The maximum atomic E-state index is 12.4. The van der Waals surface area contributed by atoms with Crippen LogP contribution >= 0.6 is 15.9 Å². The Morgan fingerprint density at radius 1 is 1.12 bits per heavy atom. The molecule has 2 aromatic rings.